The number of hydrogen-bond acceptors (Lipinski definition) is 2. The molecule has 1 N–H and O–H groups in total. The molecule has 4 heteroatoms. The van der Waals surface area contributed by atoms with Crippen molar-refractivity contribution in [2.45, 2.75) is 58.6 Å². The molecule has 4 rings (SSSR count). The van der Waals surface area contributed by atoms with E-state index in [1.807, 2.05) is 19.1 Å². The summed E-state index contributed by atoms with van der Waals surface area (Å²) in [6, 6.07) is 7.14. The summed E-state index contributed by atoms with van der Waals surface area (Å²) >= 11 is 0. The molecule has 3 aliphatic rings. The molecule has 1 heterocycles. The number of ether oxygens (including phenoxy) is 1. The summed E-state index contributed by atoms with van der Waals surface area (Å²) in [6.07, 6.45) is 3.44. The van der Waals surface area contributed by atoms with Gasteiger partial charge in [-0.25, -0.2) is 4.39 Å². The SMILES string of the molecule is CCC(=O)N[C@H]1C(C)(C)[C@@H]2C[C@@H]3[C@@H](c4ccccc4F)OCC[C@@]31C2. The van der Waals surface area contributed by atoms with Crippen molar-refractivity contribution in [2.24, 2.45) is 22.7 Å². The number of fused-ring (bicyclic) bond motifs is 1. The number of halogens is 1. The van der Waals surface area contributed by atoms with Crippen molar-refractivity contribution in [3.05, 3.63) is 35.6 Å². The van der Waals surface area contributed by atoms with Crippen LogP contribution in [-0.2, 0) is 9.53 Å². The van der Waals surface area contributed by atoms with Gasteiger partial charge >= 0.3 is 0 Å². The molecule has 5 atom stereocenters. The van der Waals surface area contributed by atoms with Crippen LogP contribution in [-0.4, -0.2) is 18.6 Å². The largest absolute Gasteiger partial charge is 0.373 e. The standard InChI is InChI=1S/C21H28FNO2/c1-4-17(24)23-19-20(2,3)13-11-15-18(14-7-5-6-8-16(14)22)25-10-9-21(15,19)12-13/h5-8,13,15,18-19H,4,9-12H2,1-3H3,(H,23,24)/t13-,15-,18-,19+,21-/m1/s1. The van der Waals surface area contributed by atoms with E-state index in [0.717, 1.165) is 19.3 Å². The fourth-order valence-corrected chi connectivity index (χ4v) is 6.06. The van der Waals surface area contributed by atoms with Crippen molar-refractivity contribution in [1.82, 2.24) is 5.32 Å². The lowest BCUT2D eigenvalue weighted by atomic mass is 9.58. The van der Waals surface area contributed by atoms with Crippen LogP contribution in [0.1, 0.15) is 58.1 Å². The van der Waals surface area contributed by atoms with Crippen molar-refractivity contribution in [3.8, 4) is 0 Å². The Bertz CT molecular complexity index is 688. The van der Waals surface area contributed by atoms with Gasteiger partial charge in [-0.1, -0.05) is 39.0 Å². The predicted molar refractivity (Wildman–Crippen MR) is 94.4 cm³/mol. The zero-order valence-corrected chi connectivity index (χ0v) is 15.3. The zero-order valence-electron chi connectivity index (χ0n) is 15.3. The monoisotopic (exact) mass is 345 g/mol. The van der Waals surface area contributed by atoms with Crippen LogP contribution >= 0.6 is 0 Å². The van der Waals surface area contributed by atoms with Gasteiger partial charge in [0, 0.05) is 24.6 Å². The van der Waals surface area contributed by atoms with E-state index in [4.69, 9.17) is 4.74 Å². The Morgan fingerprint density at radius 3 is 2.84 bits per heavy atom. The Labute approximate surface area is 149 Å². The number of benzene rings is 1. The molecule has 136 valence electrons. The van der Waals surface area contributed by atoms with Crippen LogP contribution < -0.4 is 5.32 Å². The van der Waals surface area contributed by atoms with Gasteiger partial charge < -0.3 is 10.1 Å². The highest BCUT2D eigenvalue weighted by molar-refractivity contribution is 5.76. The Morgan fingerprint density at radius 1 is 1.36 bits per heavy atom. The molecule has 1 amide bonds. The van der Waals surface area contributed by atoms with Gasteiger partial charge in [0.2, 0.25) is 5.91 Å². The fourth-order valence-electron chi connectivity index (χ4n) is 6.06. The fraction of sp³-hybridized carbons (Fsp3) is 0.667. The van der Waals surface area contributed by atoms with Crippen molar-refractivity contribution in [2.75, 3.05) is 6.61 Å². The molecule has 2 aliphatic carbocycles. The summed E-state index contributed by atoms with van der Waals surface area (Å²) in [7, 11) is 0. The number of amides is 1. The van der Waals surface area contributed by atoms with Crippen LogP contribution in [0.5, 0.6) is 0 Å². The molecule has 1 aromatic rings. The Balaban J connectivity index is 1.72. The van der Waals surface area contributed by atoms with Crippen molar-refractivity contribution < 1.29 is 13.9 Å². The summed E-state index contributed by atoms with van der Waals surface area (Å²) in [6.45, 7) is 7.11. The van der Waals surface area contributed by atoms with Crippen molar-refractivity contribution in [1.29, 1.82) is 0 Å². The van der Waals surface area contributed by atoms with E-state index in [1.54, 1.807) is 6.07 Å². The van der Waals surface area contributed by atoms with Gasteiger partial charge in [0.15, 0.2) is 0 Å². The lowest BCUT2D eigenvalue weighted by Gasteiger charge is -2.53. The van der Waals surface area contributed by atoms with Crippen LogP contribution in [0.25, 0.3) is 0 Å². The average molecular weight is 345 g/mol. The number of rotatable bonds is 3. The molecule has 1 aromatic carbocycles. The second-order valence-corrected chi connectivity index (χ2v) is 8.71. The summed E-state index contributed by atoms with van der Waals surface area (Å²) in [5, 5.41) is 3.34. The maximum absolute atomic E-state index is 14.4. The van der Waals surface area contributed by atoms with Crippen LogP contribution in [0.2, 0.25) is 0 Å². The number of carbonyl (C=O) groups is 1. The first kappa shape index (κ1) is 17.0. The first-order valence-electron chi connectivity index (χ1n) is 9.55. The molecule has 3 fully saturated rings. The third kappa shape index (κ3) is 2.37. The molecule has 0 aromatic heterocycles. The molecule has 3 nitrogen and oxygen atoms in total. The second-order valence-electron chi connectivity index (χ2n) is 8.71. The molecule has 25 heavy (non-hydrogen) atoms. The first-order valence-corrected chi connectivity index (χ1v) is 9.55. The number of nitrogens with one attached hydrogen (secondary N) is 1. The topological polar surface area (TPSA) is 38.3 Å². The van der Waals surface area contributed by atoms with E-state index in [9.17, 15) is 9.18 Å². The van der Waals surface area contributed by atoms with E-state index >= 15 is 0 Å². The van der Waals surface area contributed by atoms with E-state index < -0.39 is 0 Å². The van der Waals surface area contributed by atoms with Crippen molar-refractivity contribution >= 4 is 5.91 Å². The van der Waals surface area contributed by atoms with Crippen LogP contribution in [0, 0.1) is 28.5 Å². The molecule has 1 saturated heterocycles. The molecule has 2 saturated carbocycles. The number of carbonyl (C=O) groups excluding carboxylic acids is 1. The maximum atomic E-state index is 14.4. The van der Waals surface area contributed by atoms with Crippen molar-refractivity contribution in [3.63, 3.8) is 0 Å². The van der Waals surface area contributed by atoms with Crippen LogP contribution in [0.15, 0.2) is 24.3 Å². The minimum Gasteiger partial charge on any atom is -0.373 e. The predicted octanol–water partition coefficient (Wildman–Crippen LogP) is 4.23. The van der Waals surface area contributed by atoms with E-state index in [1.165, 1.54) is 6.07 Å². The maximum Gasteiger partial charge on any atom is 0.219 e. The highest BCUT2D eigenvalue weighted by Gasteiger charge is 2.68. The quantitative estimate of drug-likeness (QED) is 0.890. The van der Waals surface area contributed by atoms with Gasteiger partial charge in [-0.15, -0.1) is 0 Å². The Morgan fingerprint density at radius 2 is 2.12 bits per heavy atom. The highest BCUT2D eigenvalue weighted by Crippen LogP contribution is 2.70. The van der Waals surface area contributed by atoms with Crippen LogP contribution in [0.3, 0.4) is 0 Å². The average Bonchev–Trinajstić information content (AvgIpc) is 3.08. The lowest BCUT2D eigenvalue weighted by Crippen LogP contribution is -2.58. The molecule has 0 unspecified atom stereocenters. The molecule has 1 aliphatic heterocycles. The normalized spacial score (nSPS) is 38.4. The van der Waals surface area contributed by atoms with Gasteiger partial charge in [0.1, 0.15) is 5.82 Å². The molecular weight excluding hydrogens is 317 g/mol. The summed E-state index contributed by atoms with van der Waals surface area (Å²) in [5.41, 5.74) is 0.792. The summed E-state index contributed by atoms with van der Waals surface area (Å²) < 4.78 is 20.5. The van der Waals surface area contributed by atoms with E-state index in [0.29, 0.717) is 24.5 Å². The van der Waals surface area contributed by atoms with E-state index in [2.05, 4.69) is 19.2 Å². The highest BCUT2D eigenvalue weighted by atomic mass is 19.1. The number of hydrogen-bond donors (Lipinski definition) is 1. The smallest absolute Gasteiger partial charge is 0.219 e. The summed E-state index contributed by atoms with van der Waals surface area (Å²) in [4.78, 5) is 12.2. The Kier molecular flexibility index (Phi) is 3.95. The molecule has 2 bridgehead atoms. The van der Waals surface area contributed by atoms with Gasteiger partial charge in [-0.3, -0.25) is 4.79 Å². The second kappa shape index (κ2) is 5.80. The minimum absolute atomic E-state index is 0.0319. The Hall–Kier alpha value is -1.42. The summed E-state index contributed by atoms with van der Waals surface area (Å²) in [5.74, 6) is 0.766. The molecular formula is C21H28FNO2. The third-order valence-corrected chi connectivity index (χ3v) is 7.34. The van der Waals surface area contributed by atoms with Gasteiger partial charge in [-0.05, 0) is 48.0 Å². The zero-order chi connectivity index (χ0) is 17.8. The van der Waals surface area contributed by atoms with Gasteiger partial charge in [0.05, 0.1) is 6.10 Å². The van der Waals surface area contributed by atoms with Gasteiger partial charge in [0.25, 0.3) is 0 Å². The molecule has 0 radical (unpaired) electrons. The van der Waals surface area contributed by atoms with Crippen LogP contribution in [0.4, 0.5) is 4.39 Å². The minimum atomic E-state index is -0.197. The van der Waals surface area contributed by atoms with E-state index in [-0.39, 0.29) is 40.6 Å². The third-order valence-electron chi connectivity index (χ3n) is 7.34. The molecule has 1 spiro atoms. The van der Waals surface area contributed by atoms with Gasteiger partial charge in [-0.2, -0.15) is 0 Å². The lowest BCUT2D eigenvalue weighted by molar-refractivity contribution is -0.137. The first-order chi connectivity index (χ1) is 11.9.